The van der Waals surface area contributed by atoms with E-state index in [1.807, 2.05) is 12.1 Å². The first-order valence-corrected chi connectivity index (χ1v) is 8.41. The zero-order valence-corrected chi connectivity index (χ0v) is 14.6. The van der Waals surface area contributed by atoms with Gasteiger partial charge in [-0.25, -0.2) is 4.79 Å². The highest BCUT2D eigenvalue weighted by molar-refractivity contribution is 8.00. The Kier molecular flexibility index (Phi) is 6.19. The zero-order chi connectivity index (χ0) is 18.4. The largest absolute Gasteiger partial charge is 0.478 e. The number of rotatable bonds is 6. The Labute approximate surface area is 149 Å². The number of thioether (sulfide) groups is 1. The Hall–Kier alpha value is -2.80. The quantitative estimate of drug-likeness (QED) is 0.687. The zero-order valence-electron chi connectivity index (χ0n) is 13.8. The predicted molar refractivity (Wildman–Crippen MR) is 98.1 cm³/mol. The van der Waals surface area contributed by atoms with Gasteiger partial charge in [-0.15, -0.1) is 11.8 Å². The van der Waals surface area contributed by atoms with Crippen LogP contribution < -0.4 is 10.6 Å². The van der Waals surface area contributed by atoms with Crippen molar-refractivity contribution in [1.29, 1.82) is 0 Å². The van der Waals surface area contributed by atoms with Gasteiger partial charge in [0.15, 0.2) is 0 Å². The van der Waals surface area contributed by atoms with E-state index in [0.29, 0.717) is 11.4 Å². The van der Waals surface area contributed by atoms with Crippen LogP contribution in [-0.4, -0.2) is 28.1 Å². The molecule has 0 aromatic heterocycles. The summed E-state index contributed by atoms with van der Waals surface area (Å²) in [6.07, 6.45) is 0. The number of hydrogen-bond acceptors (Lipinski definition) is 4. The number of carboxylic acids is 1. The van der Waals surface area contributed by atoms with E-state index in [4.69, 9.17) is 5.11 Å². The third-order valence-electron chi connectivity index (χ3n) is 3.26. The normalized spacial score (nSPS) is 11.4. The second-order valence-electron chi connectivity index (χ2n) is 5.34. The van der Waals surface area contributed by atoms with Gasteiger partial charge in [0, 0.05) is 23.2 Å². The van der Waals surface area contributed by atoms with E-state index in [1.54, 1.807) is 31.2 Å². The minimum Gasteiger partial charge on any atom is -0.478 e. The van der Waals surface area contributed by atoms with E-state index in [9.17, 15) is 14.4 Å². The van der Waals surface area contributed by atoms with Crippen LogP contribution >= 0.6 is 11.8 Å². The highest BCUT2D eigenvalue weighted by atomic mass is 32.2. The SMILES string of the molecule is CC(=O)Nc1ccc(SC(C)C(=O)Nc2ccc(C(=O)O)cc2)cc1. The van der Waals surface area contributed by atoms with Crippen molar-refractivity contribution in [3.8, 4) is 0 Å². The number of amides is 2. The maximum absolute atomic E-state index is 12.2. The minimum absolute atomic E-state index is 0.137. The standard InChI is InChI=1S/C18H18N2O4S/c1-11(25-16-9-7-14(8-10-16)19-12(2)21)17(22)20-15-5-3-13(4-6-15)18(23)24/h3-11H,1-2H3,(H,19,21)(H,20,22)(H,23,24). The van der Waals surface area contributed by atoms with Crippen LogP contribution in [0.1, 0.15) is 24.2 Å². The molecule has 2 amide bonds. The number of carbonyl (C=O) groups excluding carboxylic acids is 2. The molecule has 0 aliphatic carbocycles. The van der Waals surface area contributed by atoms with Crippen LogP contribution in [0.5, 0.6) is 0 Å². The highest BCUT2D eigenvalue weighted by Crippen LogP contribution is 2.25. The van der Waals surface area contributed by atoms with Crippen molar-refractivity contribution >= 4 is 40.9 Å². The maximum Gasteiger partial charge on any atom is 0.335 e. The van der Waals surface area contributed by atoms with Crippen LogP contribution in [0.25, 0.3) is 0 Å². The molecule has 0 aliphatic rings. The van der Waals surface area contributed by atoms with Crippen LogP contribution in [0.2, 0.25) is 0 Å². The third-order valence-corrected chi connectivity index (χ3v) is 4.37. The molecule has 0 heterocycles. The summed E-state index contributed by atoms with van der Waals surface area (Å²) in [6, 6.07) is 13.2. The number of aromatic carboxylic acids is 1. The topological polar surface area (TPSA) is 95.5 Å². The molecule has 2 aromatic rings. The first kappa shape index (κ1) is 18.5. The summed E-state index contributed by atoms with van der Waals surface area (Å²) in [5.74, 6) is -1.33. The Morgan fingerprint density at radius 2 is 1.44 bits per heavy atom. The highest BCUT2D eigenvalue weighted by Gasteiger charge is 2.15. The van der Waals surface area contributed by atoms with E-state index in [0.717, 1.165) is 4.90 Å². The fourth-order valence-electron chi connectivity index (χ4n) is 2.02. The second-order valence-corrected chi connectivity index (χ2v) is 6.75. The van der Waals surface area contributed by atoms with Crippen molar-refractivity contribution in [3.63, 3.8) is 0 Å². The first-order valence-electron chi connectivity index (χ1n) is 7.53. The Morgan fingerprint density at radius 1 is 0.920 bits per heavy atom. The van der Waals surface area contributed by atoms with Crippen molar-refractivity contribution in [3.05, 3.63) is 54.1 Å². The summed E-state index contributed by atoms with van der Waals surface area (Å²) >= 11 is 1.39. The van der Waals surface area contributed by atoms with Gasteiger partial charge in [-0.2, -0.15) is 0 Å². The van der Waals surface area contributed by atoms with Crippen LogP contribution in [0, 0.1) is 0 Å². The van der Waals surface area contributed by atoms with Gasteiger partial charge in [-0.05, 0) is 55.5 Å². The van der Waals surface area contributed by atoms with Crippen LogP contribution in [0.15, 0.2) is 53.4 Å². The molecule has 1 atom stereocenters. The minimum atomic E-state index is -1.01. The molecule has 6 nitrogen and oxygen atoms in total. The molecule has 7 heteroatoms. The van der Waals surface area contributed by atoms with Crippen molar-refractivity contribution in [2.45, 2.75) is 24.0 Å². The lowest BCUT2D eigenvalue weighted by Gasteiger charge is -2.12. The number of carbonyl (C=O) groups is 3. The Bertz CT molecular complexity index is 773. The summed E-state index contributed by atoms with van der Waals surface area (Å²) < 4.78 is 0. The van der Waals surface area contributed by atoms with Crippen molar-refractivity contribution in [2.24, 2.45) is 0 Å². The van der Waals surface area contributed by atoms with Crippen LogP contribution in [-0.2, 0) is 9.59 Å². The average molecular weight is 358 g/mol. The summed E-state index contributed by atoms with van der Waals surface area (Å²) in [5.41, 5.74) is 1.41. The third kappa shape index (κ3) is 5.65. The van der Waals surface area contributed by atoms with Gasteiger partial charge >= 0.3 is 5.97 Å². The van der Waals surface area contributed by atoms with E-state index < -0.39 is 5.97 Å². The first-order chi connectivity index (χ1) is 11.8. The van der Waals surface area contributed by atoms with E-state index in [2.05, 4.69) is 10.6 Å². The summed E-state index contributed by atoms with van der Waals surface area (Å²) in [5, 5.41) is 14.0. The van der Waals surface area contributed by atoms with Crippen molar-refractivity contribution in [1.82, 2.24) is 0 Å². The Morgan fingerprint density at radius 3 is 1.96 bits per heavy atom. The number of hydrogen-bond donors (Lipinski definition) is 3. The van der Waals surface area contributed by atoms with Gasteiger partial charge in [0.2, 0.25) is 11.8 Å². The molecule has 2 rings (SSSR count). The molecule has 130 valence electrons. The van der Waals surface area contributed by atoms with Gasteiger partial charge in [-0.1, -0.05) is 0 Å². The number of carboxylic acid groups (broad SMARTS) is 1. The molecule has 0 spiro atoms. The summed E-state index contributed by atoms with van der Waals surface area (Å²) in [4.78, 5) is 35.0. The van der Waals surface area contributed by atoms with Gasteiger partial charge < -0.3 is 15.7 Å². The van der Waals surface area contributed by atoms with Gasteiger partial charge in [0.1, 0.15) is 0 Å². The monoisotopic (exact) mass is 358 g/mol. The molecule has 0 bridgehead atoms. The molecule has 0 saturated carbocycles. The molecule has 3 N–H and O–H groups in total. The average Bonchev–Trinajstić information content (AvgIpc) is 2.56. The number of nitrogens with one attached hydrogen (secondary N) is 2. The fraction of sp³-hybridized carbons (Fsp3) is 0.167. The molecule has 1 unspecified atom stereocenters. The molecular formula is C18H18N2O4S. The van der Waals surface area contributed by atoms with Gasteiger partial charge in [0.25, 0.3) is 0 Å². The van der Waals surface area contributed by atoms with E-state index >= 15 is 0 Å². The lowest BCUT2D eigenvalue weighted by molar-refractivity contribution is -0.115. The lowest BCUT2D eigenvalue weighted by atomic mass is 10.2. The second kappa shape index (κ2) is 8.34. The van der Waals surface area contributed by atoms with E-state index in [1.165, 1.54) is 30.8 Å². The molecule has 0 radical (unpaired) electrons. The molecular weight excluding hydrogens is 340 g/mol. The predicted octanol–water partition coefficient (Wildman–Crippen LogP) is 3.46. The molecule has 0 fully saturated rings. The lowest BCUT2D eigenvalue weighted by Crippen LogP contribution is -2.22. The molecule has 25 heavy (non-hydrogen) atoms. The van der Waals surface area contributed by atoms with Gasteiger partial charge in [0.05, 0.1) is 10.8 Å². The number of anilines is 2. The summed E-state index contributed by atoms with van der Waals surface area (Å²) in [7, 11) is 0. The number of benzene rings is 2. The smallest absolute Gasteiger partial charge is 0.335 e. The van der Waals surface area contributed by atoms with E-state index in [-0.39, 0.29) is 22.6 Å². The van der Waals surface area contributed by atoms with Crippen molar-refractivity contribution in [2.75, 3.05) is 10.6 Å². The van der Waals surface area contributed by atoms with Crippen molar-refractivity contribution < 1.29 is 19.5 Å². The molecule has 0 saturated heterocycles. The molecule has 2 aromatic carbocycles. The van der Waals surface area contributed by atoms with Crippen LogP contribution in [0.4, 0.5) is 11.4 Å². The maximum atomic E-state index is 12.2. The Balaban J connectivity index is 1.93. The molecule has 0 aliphatic heterocycles. The van der Waals surface area contributed by atoms with Gasteiger partial charge in [-0.3, -0.25) is 9.59 Å². The summed E-state index contributed by atoms with van der Waals surface area (Å²) in [6.45, 7) is 3.23. The van der Waals surface area contributed by atoms with Crippen LogP contribution in [0.3, 0.4) is 0 Å². The fourth-order valence-corrected chi connectivity index (χ4v) is 2.89.